The predicted molar refractivity (Wildman–Crippen MR) is 155 cm³/mol. The molecule has 3 amide bonds. The maximum atomic E-state index is 10.8. The van der Waals surface area contributed by atoms with Crippen molar-refractivity contribution in [2.75, 3.05) is 6.26 Å². The van der Waals surface area contributed by atoms with E-state index < -0.39 is 24.0 Å². The number of carbonyl (C=O) groups is 7. The Morgan fingerprint density at radius 2 is 1.43 bits per heavy atom. The Morgan fingerprint density at radius 1 is 1.02 bits per heavy atom. The second-order valence-electron chi connectivity index (χ2n) is 7.27. The number of urea groups is 1. The quantitative estimate of drug-likeness (QED) is 0.0207. The van der Waals surface area contributed by atoms with E-state index in [0.717, 1.165) is 38.4 Å². The van der Waals surface area contributed by atoms with Gasteiger partial charge >= 0.3 is 168 Å². The van der Waals surface area contributed by atoms with Gasteiger partial charge in [0, 0.05) is 12.5 Å². The van der Waals surface area contributed by atoms with Gasteiger partial charge in [0.2, 0.25) is 0 Å². The zero-order valence-electron chi connectivity index (χ0n) is 29.5. The van der Waals surface area contributed by atoms with Gasteiger partial charge in [0.1, 0.15) is 24.7 Å². The molecule has 1 aliphatic heterocycles. The number of nitrogens with one attached hydrogen (secondary N) is 2. The molecule has 1 saturated heterocycles. The van der Waals surface area contributed by atoms with E-state index in [-0.39, 0.29) is 181 Å². The molecule has 19 heteroatoms. The summed E-state index contributed by atoms with van der Waals surface area (Å²) in [6.45, 7) is 10.7. The van der Waals surface area contributed by atoms with E-state index in [4.69, 9.17) is 31.4 Å². The maximum absolute atomic E-state index is 10.8. The van der Waals surface area contributed by atoms with Gasteiger partial charge in [0.25, 0.3) is 12.4 Å². The number of thiol groups is 1. The molecule has 1 heterocycles. The van der Waals surface area contributed by atoms with Gasteiger partial charge in [-0.05, 0) is 38.0 Å². The molecular formula is C25H50K3N4O11S+. The summed E-state index contributed by atoms with van der Waals surface area (Å²) in [4.78, 5) is 70.8. The van der Waals surface area contributed by atoms with Crippen molar-refractivity contribution < 1.29 is 211 Å². The van der Waals surface area contributed by atoms with Crippen LogP contribution in [0.2, 0.25) is 0 Å². The van der Waals surface area contributed by atoms with Gasteiger partial charge in [0.05, 0.1) is 5.97 Å². The Morgan fingerprint density at radius 3 is 1.57 bits per heavy atom. The number of unbranched alkanes of at least 4 members (excludes halogenated alkanes) is 1. The molecule has 244 valence electrons. The van der Waals surface area contributed by atoms with Crippen LogP contribution >= 0.6 is 12.6 Å². The summed E-state index contributed by atoms with van der Waals surface area (Å²) in [5.74, 6) is -2.27. The van der Waals surface area contributed by atoms with Gasteiger partial charge in [-0.25, -0.2) is 4.79 Å². The number of aliphatic carboxylic acids is 2. The first kappa shape index (κ1) is 67.7. The molecule has 1 fully saturated rings. The van der Waals surface area contributed by atoms with E-state index in [0.29, 0.717) is 25.5 Å². The Hall–Kier alpha value is 1.57. The van der Waals surface area contributed by atoms with Crippen LogP contribution in [0, 0.1) is 0 Å². The summed E-state index contributed by atoms with van der Waals surface area (Å²) in [7, 11) is 0. The summed E-state index contributed by atoms with van der Waals surface area (Å²) >= 11 is 3.53. The zero-order valence-corrected chi connectivity index (χ0v) is 37.8. The minimum atomic E-state index is -1.16. The Bertz CT molecular complexity index is 684. The van der Waals surface area contributed by atoms with Crippen molar-refractivity contribution in [2.45, 2.75) is 97.2 Å². The van der Waals surface area contributed by atoms with E-state index in [2.05, 4.69) is 34.7 Å². The van der Waals surface area contributed by atoms with Crippen molar-refractivity contribution in [1.82, 2.24) is 10.6 Å². The van der Waals surface area contributed by atoms with Crippen molar-refractivity contribution in [3.8, 4) is 0 Å². The molecule has 0 radical (unpaired) electrons. The first-order valence-corrected chi connectivity index (χ1v) is 13.5. The maximum Gasteiger partial charge on any atom is 1.00 e. The number of hydrogen-bond donors (Lipinski definition) is 6. The van der Waals surface area contributed by atoms with Crippen LogP contribution < -0.4 is 187 Å². The number of aldehydes is 2. The van der Waals surface area contributed by atoms with Gasteiger partial charge in [-0.1, -0.05) is 53.5 Å². The summed E-state index contributed by atoms with van der Waals surface area (Å²) < 4.78 is 0. The minimum Gasteiger partial charge on any atom is -1.00 e. The van der Waals surface area contributed by atoms with Crippen LogP contribution in [0.25, 0.3) is 0 Å². The average Bonchev–Trinajstić information content (AvgIpc) is 3.28. The third kappa shape index (κ3) is 66.1. The van der Waals surface area contributed by atoms with Crippen molar-refractivity contribution in [3.05, 3.63) is 12.7 Å². The zero-order chi connectivity index (χ0) is 33.6. The van der Waals surface area contributed by atoms with Crippen LogP contribution in [0.3, 0.4) is 0 Å². The van der Waals surface area contributed by atoms with E-state index in [9.17, 15) is 29.1 Å². The van der Waals surface area contributed by atoms with Gasteiger partial charge < -0.3 is 48.2 Å². The Kier molecular flexibility index (Phi) is 92.2. The van der Waals surface area contributed by atoms with Crippen molar-refractivity contribution in [2.24, 2.45) is 11.5 Å². The first-order chi connectivity index (χ1) is 19.3. The van der Waals surface area contributed by atoms with E-state index in [1.54, 1.807) is 6.26 Å². The van der Waals surface area contributed by atoms with Gasteiger partial charge in [0.15, 0.2) is 0 Å². The van der Waals surface area contributed by atoms with Crippen LogP contribution in [-0.4, -0.2) is 72.4 Å². The SMILES string of the molecule is C=CC=O.CCCC(N)C(=O)O.CCCC(N)C(=O)[O-].CCCC1NC(=O)NC1=O.CCCC=O.CS.O=CO[O-].[H+].[H-].[K+].[K+].[K+]. The molecule has 1 rings (SSSR count). The standard InChI is InChI=1S/C6H10N2O2.2C5H11NO2.C4H8O.C3H4O.CH2O3.CH4S.3K.H/c1-2-3-4-5(9)8-6(10)7-4;2*1-2-3-4(6)5(7)8;1-2-3-4-5;1-2-3-4;2-1-4-3;1-2;;;;/h4H,2-3H2,1H3,(H2,7,8,9,10);2*4H,2-3,6H2,1H3,(H,7,8);4H,2-3H2,1H3;2-3H,1H2;1,3H;2H,1H3;;;;/q;;;;;;;3*+1;-1/p-1. The monoisotopic (exact) mass is 731 g/mol. The van der Waals surface area contributed by atoms with Crippen LogP contribution in [-0.2, 0) is 33.7 Å². The molecule has 3 unspecified atom stereocenters. The van der Waals surface area contributed by atoms with Gasteiger partial charge in [-0.2, -0.15) is 12.6 Å². The van der Waals surface area contributed by atoms with E-state index >= 15 is 0 Å². The largest absolute Gasteiger partial charge is 1.00 e. The van der Waals surface area contributed by atoms with Crippen LogP contribution in [0.15, 0.2) is 12.7 Å². The van der Waals surface area contributed by atoms with Crippen LogP contribution in [0.4, 0.5) is 4.79 Å². The van der Waals surface area contributed by atoms with Crippen LogP contribution in [0.1, 0.15) is 81.9 Å². The second-order valence-corrected chi connectivity index (χ2v) is 7.27. The fraction of sp³-hybridized carbons (Fsp3) is 0.640. The smallest absolute Gasteiger partial charge is 1.00 e. The molecule has 0 bridgehead atoms. The number of rotatable bonds is 12. The molecule has 0 aliphatic carbocycles. The topological polar surface area (TPSA) is 271 Å². The number of amides is 3. The summed E-state index contributed by atoms with van der Waals surface area (Å²) in [6, 6.07) is -2.11. The molecule has 44 heavy (non-hydrogen) atoms. The average molecular weight is 732 g/mol. The van der Waals surface area contributed by atoms with Crippen molar-refractivity contribution in [3.63, 3.8) is 0 Å². The third-order valence-electron chi connectivity index (χ3n) is 3.80. The minimum absolute atomic E-state index is 0. The number of allylic oxidation sites excluding steroid dienone is 1. The number of carboxylic acids is 2. The number of nitrogens with two attached hydrogens (primary N) is 2. The fourth-order valence-corrected chi connectivity index (χ4v) is 1.93. The molecule has 3 atom stereocenters. The number of carboxylic acid groups (broad SMARTS) is 2. The summed E-state index contributed by atoms with van der Waals surface area (Å²) in [5, 5.41) is 31.1. The fourth-order valence-electron chi connectivity index (χ4n) is 1.93. The van der Waals surface area contributed by atoms with Crippen molar-refractivity contribution in [1.29, 1.82) is 0 Å². The molecule has 7 N–H and O–H groups in total. The summed E-state index contributed by atoms with van der Waals surface area (Å²) in [6.07, 6.45) is 10.4. The number of imide groups is 1. The molecule has 0 aromatic heterocycles. The molecule has 0 saturated carbocycles. The number of carbonyl (C=O) groups excluding carboxylic acids is 6. The van der Waals surface area contributed by atoms with Crippen LogP contribution in [0.5, 0.6) is 0 Å². The molecule has 0 spiro atoms. The number of hydrogen-bond acceptors (Lipinski definition) is 13. The van der Waals surface area contributed by atoms with Gasteiger partial charge in [-0.15, -0.1) is 0 Å². The predicted octanol–water partition coefficient (Wildman–Crippen LogP) is -9.37. The molecule has 1 aliphatic rings. The van der Waals surface area contributed by atoms with E-state index in [1.807, 2.05) is 27.7 Å². The molecule has 0 aromatic carbocycles. The van der Waals surface area contributed by atoms with Gasteiger partial charge in [-0.3, -0.25) is 24.5 Å². The van der Waals surface area contributed by atoms with Crippen molar-refractivity contribution >= 4 is 55.6 Å². The third-order valence-corrected chi connectivity index (χ3v) is 3.80. The molecule has 15 nitrogen and oxygen atoms in total. The normalized spacial score (nSPS) is 12.2. The first-order valence-electron chi connectivity index (χ1n) is 12.6. The Balaban J connectivity index is -0.0000000354. The molecular weight excluding hydrogens is 682 g/mol. The Labute approximate surface area is 397 Å². The molecule has 0 aromatic rings. The van der Waals surface area contributed by atoms with E-state index in [1.165, 1.54) is 6.08 Å². The summed E-state index contributed by atoms with van der Waals surface area (Å²) in [5.41, 5.74) is 10.2. The second kappa shape index (κ2) is 59.9.